The van der Waals surface area contributed by atoms with E-state index in [1.54, 1.807) is 6.07 Å². The van der Waals surface area contributed by atoms with Crippen LogP contribution in [0, 0.1) is 10.1 Å². The minimum Gasteiger partial charge on any atom is -0.423 e. The second kappa shape index (κ2) is 4.51. The predicted octanol–water partition coefficient (Wildman–Crippen LogP) is 1.53. The molecule has 1 aromatic carbocycles. The lowest BCUT2D eigenvalue weighted by Crippen LogP contribution is -2.49. The summed E-state index contributed by atoms with van der Waals surface area (Å²) in [6.07, 6.45) is 0. The Bertz CT molecular complexity index is 624. The molecule has 1 saturated heterocycles. The molecule has 1 atom stereocenters. The topological polar surface area (TPSA) is 84.4 Å². The summed E-state index contributed by atoms with van der Waals surface area (Å²) in [4.78, 5) is 16.7. The highest BCUT2D eigenvalue weighted by Gasteiger charge is 2.21. The van der Waals surface area contributed by atoms with E-state index in [2.05, 4.69) is 17.2 Å². The van der Waals surface area contributed by atoms with E-state index in [4.69, 9.17) is 4.42 Å². The smallest absolute Gasteiger partial charge is 0.298 e. The van der Waals surface area contributed by atoms with E-state index in [1.165, 1.54) is 12.1 Å². The van der Waals surface area contributed by atoms with Gasteiger partial charge in [0.2, 0.25) is 0 Å². The van der Waals surface area contributed by atoms with E-state index in [0.29, 0.717) is 23.2 Å². The van der Waals surface area contributed by atoms with Crippen LogP contribution in [0.2, 0.25) is 0 Å². The van der Waals surface area contributed by atoms with Crippen molar-refractivity contribution in [3.8, 4) is 0 Å². The standard InChI is InChI=1S/C12H14N4O3/c1-8-7-15(5-4-13-8)12-14-10-6-9(16(17)18)2-3-11(10)19-12/h2-3,6,8,13H,4-5,7H2,1H3. The quantitative estimate of drug-likeness (QED) is 0.652. The number of fused-ring (bicyclic) bond motifs is 1. The van der Waals surface area contributed by atoms with Crippen molar-refractivity contribution in [2.24, 2.45) is 0 Å². The van der Waals surface area contributed by atoms with E-state index < -0.39 is 4.92 Å². The molecular formula is C12H14N4O3. The Morgan fingerprint density at radius 1 is 1.58 bits per heavy atom. The Morgan fingerprint density at radius 2 is 2.42 bits per heavy atom. The zero-order chi connectivity index (χ0) is 13.4. The van der Waals surface area contributed by atoms with Gasteiger partial charge >= 0.3 is 0 Å². The van der Waals surface area contributed by atoms with Crippen LogP contribution in [0.5, 0.6) is 0 Å². The third-order valence-electron chi connectivity index (χ3n) is 3.21. The number of hydrogen-bond donors (Lipinski definition) is 1. The highest BCUT2D eigenvalue weighted by Crippen LogP contribution is 2.25. The molecule has 0 radical (unpaired) electrons. The Kier molecular flexibility index (Phi) is 2.83. The molecule has 0 saturated carbocycles. The van der Waals surface area contributed by atoms with Gasteiger partial charge in [0.1, 0.15) is 5.52 Å². The first-order chi connectivity index (χ1) is 9.13. The van der Waals surface area contributed by atoms with E-state index >= 15 is 0 Å². The van der Waals surface area contributed by atoms with Gasteiger partial charge in [0.05, 0.1) is 4.92 Å². The summed E-state index contributed by atoms with van der Waals surface area (Å²) >= 11 is 0. The summed E-state index contributed by atoms with van der Waals surface area (Å²) < 4.78 is 5.66. The summed E-state index contributed by atoms with van der Waals surface area (Å²) in [5.41, 5.74) is 1.13. The summed E-state index contributed by atoms with van der Waals surface area (Å²) in [7, 11) is 0. The molecule has 7 heteroatoms. The van der Waals surface area contributed by atoms with Gasteiger partial charge in [-0.1, -0.05) is 0 Å². The van der Waals surface area contributed by atoms with E-state index in [1.807, 2.05) is 4.90 Å². The Morgan fingerprint density at radius 3 is 3.16 bits per heavy atom. The number of aromatic nitrogens is 1. The molecule has 3 rings (SSSR count). The molecule has 1 fully saturated rings. The second-order valence-corrected chi connectivity index (χ2v) is 4.71. The Labute approximate surface area is 109 Å². The van der Waals surface area contributed by atoms with Crippen LogP contribution in [0.15, 0.2) is 22.6 Å². The maximum atomic E-state index is 10.7. The molecule has 2 heterocycles. The molecular weight excluding hydrogens is 248 g/mol. The van der Waals surface area contributed by atoms with Crippen LogP contribution >= 0.6 is 0 Å². The van der Waals surface area contributed by atoms with Gasteiger partial charge in [0.25, 0.3) is 11.7 Å². The summed E-state index contributed by atoms with van der Waals surface area (Å²) in [6.45, 7) is 4.61. The fraction of sp³-hybridized carbons (Fsp3) is 0.417. The average molecular weight is 262 g/mol. The van der Waals surface area contributed by atoms with Crippen LogP contribution in [-0.2, 0) is 0 Å². The molecule has 100 valence electrons. The number of hydrogen-bond acceptors (Lipinski definition) is 6. The Hall–Kier alpha value is -2.15. The zero-order valence-corrected chi connectivity index (χ0v) is 10.5. The number of benzene rings is 1. The first kappa shape index (κ1) is 11.9. The van der Waals surface area contributed by atoms with Crippen molar-refractivity contribution >= 4 is 22.8 Å². The van der Waals surface area contributed by atoms with Gasteiger partial charge < -0.3 is 14.6 Å². The second-order valence-electron chi connectivity index (χ2n) is 4.71. The number of nitro groups is 1. The number of rotatable bonds is 2. The van der Waals surface area contributed by atoms with Crippen LogP contribution < -0.4 is 10.2 Å². The van der Waals surface area contributed by atoms with Crippen molar-refractivity contribution in [1.82, 2.24) is 10.3 Å². The monoisotopic (exact) mass is 262 g/mol. The number of nitro benzene ring substituents is 1. The first-order valence-electron chi connectivity index (χ1n) is 6.17. The summed E-state index contributed by atoms with van der Waals surface area (Å²) in [5.74, 6) is 0. The van der Waals surface area contributed by atoms with E-state index in [9.17, 15) is 10.1 Å². The molecule has 1 aliphatic heterocycles. The van der Waals surface area contributed by atoms with Crippen molar-refractivity contribution in [1.29, 1.82) is 0 Å². The van der Waals surface area contributed by atoms with Crippen molar-refractivity contribution in [2.75, 3.05) is 24.5 Å². The first-order valence-corrected chi connectivity index (χ1v) is 6.17. The lowest BCUT2D eigenvalue weighted by atomic mass is 10.2. The SMILES string of the molecule is CC1CN(c2nc3cc([N+](=O)[O-])ccc3o2)CCN1. The third-order valence-corrected chi connectivity index (χ3v) is 3.21. The van der Waals surface area contributed by atoms with Crippen molar-refractivity contribution in [3.63, 3.8) is 0 Å². The van der Waals surface area contributed by atoms with Crippen LogP contribution in [0.3, 0.4) is 0 Å². The molecule has 0 bridgehead atoms. The zero-order valence-electron chi connectivity index (χ0n) is 10.5. The maximum Gasteiger partial charge on any atom is 0.298 e. The third kappa shape index (κ3) is 2.24. The highest BCUT2D eigenvalue weighted by molar-refractivity contribution is 5.77. The van der Waals surface area contributed by atoms with Crippen molar-refractivity contribution < 1.29 is 9.34 Å². The fourth-order valence-electron chi connectivity index (χ4n) is 2.26. The van der Waals surface area contributed by atoms with Crippen LogP contribution in [0.1, 0.15) is 6.92 Å². The number of oxazole rings is 1. The number of non-ortho nitro benzene ring substituents is 1. The van der Waals surface area contributed by atoms with Crippen LogP contribution in [0.4, 0.5) is 11.7 Å². The molecule has 1 N–H and O–H groups in total. The van der Waals surface area contributed by atoms with Gasteiger partial charge in [-0.25, -0.2) is 0 Å². The maximum absolute atomic E-state index is 10.7. The molecule has 0 spiro atoms. The van der Waals surface area contributed by atoms with Gasteiger partial charge in [-0.05, 0) is 13.0 Å². The van der Waals surface area contributed by atoms with Gasteiger partial charge in [0, 0.05) is 37.8 Å². The number of nitrogens with one attached hydrogen (secondary N) is 1. The normalized spacial score (nSPS) is 19.8. The van der Waals surface area contributed by atoms with E-state index in [-0.39, 0.29) is 5.69 Å². The number of anilines is 1. The van der Waals surface area contributed by atoms with Crippen molar-refractivity contribution in [2.45, 2.75) is 13.0 Å². The molecule has 2 aromatic rings. The molecule has 1 unspecified atom stereocenters. The molecule has 1 aliphatic rings. The van der Waals surface area contributed by atoms with Crippen LogP contribution in [0.25, 0.3) is 11.1 Å². The van der Waals surface area contributed by atoms with Gasteiger partial charge in [-0.15, -0.1) is 0 Å². The fourth-order valence-corrected chi connectivity index (χ4v) is 2.26. The van der Waals surface area contributed by atoms with Crippen molar-refractivity contribution in [3.05, 3.63) is 28.3 Å². The van der Waals surface area contributed by atoms with E-state index in [0.717, 1.165) is 19.6 Å². The van der Waals surface area contributed by atoms with Crippen LogP contribution in [-0.4, -0.2) is 35.6 Å². The average Bonchev–Trinajstić information content (AvgIpc) is 2.81. The predicted molar refractivity (Wildman–Crippen MR) is 70.3 cm³/mol. The largest absolute Gasteiger partial charge is 0.423 e. The van der Waals surface area contributed by atoms with Gasteiger partial charge in [0.15, 0.2) is 5.58 Å². The molecule has 19 heavy (non-hydrogen) atoms. The van der Waals surface area contributed by atoms with Gasteiger partial charge in [-0.3, -0.25) is 10.1 Å². The lowest BCUT2D eigenvalue weighted by molar-refractivity contribution is -0.384. The molecule has 7 nitrogen and oxygen atoms in total. The summed E-state index contributed by atoms with van der Waals surface area (Å²) in [5, 5.41) is 14.1. The van der Waals surface area contributed by atoms with Gasteiger partial charge in [-0.2, -0.15) is 4.98 Å². The molecule has 1 aromatic heterocycles. The lowest BCUT2D eigenvalue weighted by Gasteiger charge is -2.30. The molecule has 0 aliphatic carbocycles. The highest BCUT2D eigenvalue weighted by atomic mass is 16.6. The summed E-state index contributed by atoms with van der Waals surface area (Å²) in [6, 6.07) is 5.36. The Balaban J connectivity index is 1.94. The molecule has 0 amide bonds. The minimum atomic E-state index is -0.430. The number of piperazine rings is 1. The number of nitrogens with zero attached hydrogens (tertiary/aromatic N) is 3. The minimum absolute atomic E-state index is 0.0287.